The minimum Gasteiger partial charge on any atom is -0.377 e. The van der Waals surface area contributed by atoms with Gasteiger partial charge in [0.15, 0.2) is 0 Å². The largest absolute Gasteiger partial charge is 0.377 e. The number of morpholine rings is 1. The van der Waals surface area contributed by atoms with Crippen molar-refractivity contribution < 1.29 is 9.53 Å². The maximum Gasteiger partial charge on any atom is 0.245 e. The highest BCUT2D eigenvalue weighted by Gasteiger charge is 2.34. The van der Waals surface area contributed by atoms with Crippen LogP contribution in [-0.2, 0) is 16.0 Å². The van der Waals surface area contributed by atoms with E-state index in [1.807, 2.05) is 11.8 Å². The molecule has 0 radical (unpaired) electrons. The molecule has 2 aliphatic rings. The lowest BCUT2D eigenvalue weighted by atomic mass is 10.2. The fraction of sp³-hybridized carbons (Fsp3) is 0.643. The quantitative estimate of drug-likeness (QED) is 0.846. The van der Waals surface area contributed by atoms with Crippen molar-refractivity contribution in [3.05, 3.63) is 17.0 Å². The summed E-state index contributed by atoms with van der Waals surface area (Å²) < 4.78 is 5.46. The summed E-state index contributed by atoms with van der Waals surface area (Å²) in [5.41, 5.74) is 0. The molecule has 6 nitrogen and oxygen atoms in total. The monoisotopic (exact) mass is 310 g/mol. The second-order valence-corrected chi connectivity index (χ2v) is 5.77. The molecule has 114 valence electrons. The van der Waals surface area contributed by atoms with Crippen molar-refractivity contribution in [3.8, 4) is 0 Å². The summed E-state index contributed by atoms with van der Waals surface area (Å²) in [6.07, 6.45) is 2.84. The number of carbonyl (C=O) groups is 1. The Bertz CT molecular complexity index is 536. The summed E-state index contributed by atoms with van der Waals surface area (Å²) >= 11 is 6.06. The van der Waals surface area contributed by atoms with Crippen molar-refractivity contribution in [2.45, 2.75) is 38.3 Å². The second kappa shape index (κ2) is 6.15. The fourth-order valence-electron chi connectivity index (χ4n) is 2.38. The molecular formula is C14H19ClN4O2. The Kier molecular flexibility index (Phi) is 4.26. The van der Waals surface area contributed by atoms with Crippen molar-refractivity contribution in [2.24, 2.45) is 0 Å². The molecule has 1 aliphatic carbocycles. The van der Waals surface area contributed by atoms with Crippen molar-refractivity contribution in [3.63, 3.8) is 0 Å². The maximum atomic E-state index is 12.4. The summed E-state index contributed by atoms with van der Waals surface area (Å²) in [5, 5.41) is 3.44. The predicted octanol–water partition coefficient (Wildman–Crippen LogP) is 1.18. The van der Waals surface area contributed by atoms with Crippen LogP contribution in [0.15, 0.2) is 6.07 Å². The summed E-state index contributed by atoms with van der Waals surface area (Å²) in [6.45, 7) is 3.56. The highest BCUT2D eigenvalue weighted by atomic mass is 35.5. The fourth-order valence-corrected chi connectivity index (χ4v) is 2.57. The van der Waals surface area contributed by atoms with Crippen LogP contribution in [0.25, 0.3) is 0 Å². The first-order valence-electron chi connectivity index (χ1n) is 7.35. The molecule has 1 aliphatic heterocycles. The molecule has 1 saturated carbocycles. The molecule has 1 aromatic rings. The zero-order valence-corrected chi connectivity index (χ0v) is 12.8. The minimum atomic E-state index is -0.352. The van der Waals surface area contributed by atoms with Gasteiger partial charge in [-0.1, -0.05) is 18.5 Å². The number of halogens is 1. The summed E-state index contributed by atoms with van der Waals surface area (Å²) in [7, 11) is 0. The number of hydrogen-bond donors (Lipinski definition) is 1. The summed E-state index contributed by atoms with van der Waals surface area (Å²) in [4.78, 5) is 23.0. The third-order valence-electron chi connectivity index (χ3n) is 3.69. The number of amides is 1. The molecule has 0 bridgehead atoms. The molecule has 3 rings (SSSR count). The van der Waals surface area contributed by atoms with E-state index in [2.05, 4.69) is 15.3 Å². The third-order valence-corrected chi connectivity index (χ3v) is 3.89. The van der Waals surface area contributed by atoms with Gasteiger partial charge in [0.25, 0.3) is 0 Å². The number of hydrogen-bond acceptors (Lipinski definition) is 5. The van der Waals surface area contributed by atoms with E-state index in [0.29, 0.717) is 49.0 Å². The van der Waals surface area contributed by atoms with E-state index in [1.165, 1.54) is 0 Å². The van der Waals surface area contributed by atoms with Gasteiger partial charge >= 0.3 is 0 Å². The Labute approximate surface area is 128 Å². The predicted molar refractivity (Wildman–Crippen MR) is 79.5 cm³/mol. The lowest BCUT2D eigenvalue weighted by Gasteiger charge is -2.35. The maximum absolute atomic E-state index is 12.4. The molecule has 1 amide bonds. The van der Waals surface area contributed by atoms with E-state index in [-0.39, 0.29) is 11.9 Å². The van der Waals surface area contributed by atoms with Crippen LogP contribution in [0.1, 0.15) is 25.6 Å². The van der Waals surface area contributed by atoms with E-state index >= 15 is 0 Å². The van der Waals surface area contributed by atoms with Gasteiger partial charge in [0.2, 0.25) is 5.91 Å². The Morgan fingerprint density at radius 2 is 2.33 bits per heavy atom. The molecule has 2 heterocycles. The van der Waals surface area contributed by atoms with E-state index in [0.717, 1.165) is 12.8 Å². The highest BCUT2D eigenvalue weighted by molar-refractivity contribution is 6.29. The van der Waals surface area contributed by atoms with Crippen LogP contribution in [0, 0.1) is 0 Å². The topological polar surface area (TPSA) is 67.4 Å². The average Bonchev–Trinajstić information content (AvgIpc) is 3.30. The molecule has 1 N–H and O–H groups in total. The van der Waals surface area contributed by atoms with E-state index in [9.17, 15) is 4.79 Å². The van der Waals surface area contributed by atoms with Crippen molar-refractivity contribution in [1.29, 1.82) is 0 Å². The number of anilines is 1. The zero-order chi connectivity index (χ0) is 14.8. The molecule has 1 unspecified atom stereocenters. The molecule has 0 spiro atoms. The van der Waals surface area contributed by atoms with E-state index in [1.54, 1.807) is 6.07 Å². The van der Waals surface area contributed by atoms with Gasteiger partial charge in [-0.2, -0.15) is 0 Å². The minimum absolute atomic E-state index is 0.00461. The first-order valence-corrected chi connectivity index (χ1v) is 7.73. The Balaban J connectivity index is 1.82. The summed E-state index contributed by atoms with van der Waals surface area (Å²) in [5.74, 6) is 1.39. The first kappa shape index (κ1) is 14.5. The number of nitrogens with one attached hydrogen (secondary N) is 1. The molecule has 0 aromatic carbocycles. The Morgan fingerprint density at radius 1 is 1.52 bits per heavy atom. The van der Waals surface area contributed by atoms with Crippen LogP contribution in [-0.4, -0.2) is 47.7 Å². The van der Waals surface area contributed by atoms with Gasteiger partial charge in [-0.05, 0) is 12.8 Å². The van der Waals surface area contributed by atoms with Gasteiger partial charge in [0.05, 0.1) is 13.2 Å². The number of nitrogens with zero attached hydrogens (tertiary/aromatic N) is 3. The highest BCUT2D eigenvalue weighted by Crippen LogP contribution is 2.23. The van der Waals surface area contributed by atoms with Crippen LogP contribution in [0.2, 0.25) is 5.15 Å². The SMILES string of the molecule is CCc1nc(Cl)cc(N2CCOCC2C(=O)NC2CC2)n1. The number of aryl methyl sites for hydroxylation is 1. The van der Waals surface area contributed by atoms with Gasteiger partial charge in [-0.25, -0.2) is 9.97 Å². The van der Waals surface area contributed by atoms with Crippen LogP contribution in [0.5, 0.6) is 0 Å². The van der Waals surface area contributed by atoms with Gasteiger partial charge in [-0.3, -0.25) is 4.79 Å². The van der Waals surface area contributed by atoms with Crippen LogP contribution >= 0.6 is 11.6 Å². The molecule has 1 atom stereocenters. The number of ether oxygens (including phenoxy) is 1. The molecule has 1 aromatic heterocycles. The van der Waals surface area contributed by atoms with Gasteiger partial charge < -0.3 is 15.0 Å². The lowest BCUT2D eigenvalue weighted by Crippen LogP contribution is -2.54. The van der Waals surface area contributed by atoms with Crippen LogP contribution in [0.4, 0.5) is 5.82 Å². The van der Waals surface area contributed by atoms with Crippen molar-refractivity contribution in [2.75, 3.05) is 24.7 Å². The van der Waals surface area contributed by atoms with Crippen LogP contribution < -0.4 is 10.2 Å². The molecule has 2 fully saturated rings. The second-order valence-electron chi connectivity index (χ2n) is 5.39. The summed E-state index contributed by atoms with van der Waals surface area (Å²) in [6, 6.07) is 1.69. The Hall–Kier alpha value is -1.40. The van der Waals surface area contributed by atoms with Gasteiger partial charge in [-0.15, -0.1) is 0 Å². The zero-order valence-electron chi connectivity index (χ0n) is 12.0. The normalized spacial score (nSPS) is 22.2. The van der Waals surface area contributed by atoms with Gasteiger partial charge in [0, 0.05) is 25.1 Å². The standard InChI is InChI=1S/C14H19ClN4O2/c1-2-12-17-11(15)7-13(18-12)19-5-6-21-8-10(19)14(20)16-9-3-4-9/h7,9-10H,2-6,8H2,1H3,(H,16,20). The number of carbonyl (C=O) groups excluding carboxylic acids is 1. The van der Waals surface area contributed by atoms with E-state index < -0.39 is 0 Å². The molecule has 21 heavy (non-hydrogen) atoms. The number of aromatic nitrogens is 2. The lowest BCUT2D eigenvalue weighted by molar-refractivity contribution is -0.124. The molecule has 7 heteroatoms. The van der Waals surface area contributed by atoms with Crippen LogP contribution in [0.3, 0.4) is 0 Å². The smallest absolute Gasteiger partial charge is 0.245 e. The third kappa shape index (κ3) is 3.44. The first-order chi connectivity index (χ1) is 10.2. The van der Waals surface area contributed by atoms with E-state index in [4.69, 9.17) is 16.3 Å². The molecule has 1 saturated heterocycles. The van der Waals surface area contributed by atoms with Crippen molar-refractivity contribution in [1.82, 2.24) is 15.3 Å². The van der Waals surface area contributed by atoms with Gasteiger partial charge in [0.1, 0.15) is 22.8 Å². The molecular weight excluding hydrogens is 292 g/mol. The Morgan fingerprint density at radius 3 is 3.05 bits per heavy atom. The average molecular weight is 311 g/mol. The number of rotatable bonds is 4. The van der Waals surface area contributed by atoms with Crippen molar-refractivity contribution >= 4 is 23.3 Å².